The molecule has 0 bridgehead atoms. The molecule has 4 nitrogen and oxygen atoms in total. The van der Waals surface area contributed by atoms with Crippen molar-refractivity contribution in [1.82, 2.24) is 10.2 Å². The van der Waals surface area contributed by atoms with Gasteiger partial charge in [0.25, 0.3) is 0 Å². The van der Waals surface area contributed by atoms with Crippen LogP contribution in [-0.2, 0) is 0 Å². The van der Waals surface area contributed by atoms with E-state index < -0.39 is 0 Å². The van der Waals surface area contributed by atoms with Crippen molar-refractivity contribution >= 4 is 34.6 Å². The molecule has 0 saturated heterocycles. The van der Waals surface area contributed by atoms with E-state index in [1.807, 2.05) is 25.1 Å². The van der Waals surface area contributed by atoms with Gasteiger partial charge in [-0.1, -0.05) is 29.3 Å². The van der Waals surface area contributed by atoms with Gasteiger partial charge in [-0.3, -0.25) is 0 Å². The van der Waals surface area contributed by atoms with Crippen molar-refractivity contribution in [3.8, 4) is 5.75 Å². The minimum Gasteiger partial charge on any atom is -0.495 e. The number of aromatic nitrogens is 2. The van der Waals surface area contributed by atoms with Crippen molar-refractivity contribution in [1.29, 1.82) is 0 Å². The summed E-state index contributed by atoms with van der Waals surface area (Å²) in [5.41, 5.74) is 2.48. The molecule has 0 aliphatic carbocycles. The van der Waals surface area contributed by atoms with Crippen LogP contribution in [0.2, 0.25) is 10.3 Å². The second kappa shape index (κ2) is 5.42. The van der Waals surface area contributed by atoms with E-state index in [9.17, 15) is 0 Å². The van der Waals surface area contributed by atoms with Gasteiger partial charge in [0.1, 0.15) is 5.75 Å². The van der Waals surface area contributed by atoms with Gasteiger partial charge < -0.3 is 10.1 Å². The average Bonchev–Trinajstić information content (AvgIpc) is 2.34. The van der Waals surface area contributed by atoms with Gasteiger partial charge in [-0.2, -0.15) is 0 Å². The Bertz CT molecular complexity index is 575. The van der Waals surface area contributed by atoms with Crippen molar-refractivity contribution in [3.05, 3.63) is 40.1 Å². The minimum atomic E-state index is 0.253. The summed E-state index contributed by atoms with van der Waals surface area (Å²) in [4.78, 5) is 0. The third kappa shape index (κ3) is 2.83. The van der Waals surface area contributed by atoms with Crippen molar-refractivity contribution < 1.29 is 4.74 Å². The van der Waals surface area contributed by atoms with Crippen LogP contribution in [0.15, 0.2) is 24.3 Å². The molecule has 0 amide bonds. The number of benzene rings is 1. The molecule has 94 valence electrons. The first-order valence-electron chi connectivity index (χ1n) is 5.20. The molecule has 0 saturated carbocycles. The second-order valence-corrected chi connectivity index (χ2v) is 4.45. The zero-order valence-electron chi connectivity index (χ0n) is 9.87. The molecule has 1 heterocycles. The topological polar surface area (TPSA) is 47.0 Å². The Morgan fingerprint density at radius 1 is 1.11 bits per heavy atom. The summed E-state index contributed by atoms with van der Waals surface area (Å²) in [7, 11) is 1.61. The molecule has 0 unspecified atom stereocenters. The Kier molecular flexibility index (Phi) is 3.89. The first-order chi connectivity index (χ1) is 8.60. The van der Waals surface area contributed by atoms with Crippen LogP contribution in [0, 0.1) is 6.92 Å². The first kappa shape index (κ1) is 12.9. The number of anilines is 2. The maximum Gasteiger partial charge on any atom is 0.175 e. The maximum absolute atomic E-state index is 5.95. The smallest absolute Gasteiger partial charge is 0.175 e. The van der Waals surface area contributed by atoms with Gasteiger partial charge in [0, 0.05) is 6.07 Å². The zero-order valence-corrected chi connectivity index (χ0v) is 11.4. The van der Waals surface area contributed by atoms with E-state index in [0.717, 1.165) is 11.3 Å². The molecule has 0 fully saturated rings. The monoisotopic (exact) mass is 283 g/mol. The highest BCUT2D eigenvalue weighted by Crippen LogP contribution is 2.31. The number of halogens is 2. The number of nitrogens with zero attached hydrogens (tertiary/aromatic N) is 2. The van der Waals surface area contributed by atoms with E-state index in [1.165, 1.54) is 0 Å². The fourth-order valence-corrected chi connectivity index (χ4v) is 1.79. The van der Waals surface area contributed by atoms with Crippen LogP contribution in [0.3, 0.4) is 0 Å². The lowest BCUT2D eigenvalue weighted by atomic mass is 10.2. The summed E-state index contributed by atoms with van der Waals surface area (Å²) in [6.45, 7) is 1.99. The number of hydrogen-bond acceptors (Lipinski definition) is 4. The van der Waals surface area contributed by atoms with E-state index in [0.29, 0.717) is 11.4 Å². The molecule has 18 heavy (non-hydrogen) atoms. The van der Waals surface area contributed by atoms with Gasteiger partial charge in [0.05, 0.1) is 18.5 Å². The highest BCUT2D eigenvalue weighted by atomic mass is 35.5. The Morgan fingerprint density at radius 3 is 2.61 bits per heavy atom. The lowest BCUT2D eigenvalue weighted by molar-refractivity contribution is 0.416. The molecule has 2 aromatic rings. The number of aryl methyl sites for hydroxylation is 1. The summed E-state index contributed by atoms with van der Waals surface area (Å²) in [5.74, 6) is 0.713. The Hall–Kier alpha value is -1.52. The van der Waals surface area contributed by atoms with Crippen LogP contribution in [0.1, 0.15) is 5.56 Å². The molecular formula is C12H11Cl2N3O. The molecule has 1 aromatic heterocycles. The molecule has 0 atom stereocenters. The molecular weight excluding hydrogens is 273 g/mol. The number of nitrogens with one attached hydrogen (secondary N) is 1. The van der Waals surface area contributed by atoms with Crippen molar-refractivity contribution in [2.75, 3.05) is 12.4 Å². The summed E-state index contributed by atoms with van der Waals surface area (Å²) in [5, 5.41) is 11.0. The van der Waals surface area contributed by atoms with Crippen molar-refractivity contribution in [2.45, 2.75) is 6.92 Å². The normalized spacial score (nSPS) is 10.2. The van der Waals surface area contributed by atoms with Crippen molar-refractivity contribution in [2.24, 2.45) is 0 Å². The predicted octanol–water partition coefficient (Wildman–Crippen LogP) is 3.84. The summed E-state index contributed by atoms with van der Waals surface area (Å²) >= 11 is 11.7. The Labute approximate surface area is 115 Å². The highest BCUT2D eigenvalue weighted by Gasteiger charge is 2.08. The van der Waals surface area contributed by atoms with Crippen LogP contribution in [0.5, 0.6) is 5.75 Å². The van der Waals surface area contributed by atoms with Gasteiger partial charge in [0.2, 0.25) is 0 Å². The third-order valence-corrected chi connectivity index (χ3v) is 2.81. The fourth-order valence-electron chi connectivity index (χ4n) is 1.51. The molecule has 1 N–H and O–H groups in total. The van der Waals surface area contributed by atoms with Gasteiger partial charge in [-0.15, -0.1) is 10.2 Å². The van der Waals surface area contributed by atoms with Crippen LogP contribution in [-0.4, -0.2) is 17.3 Å². The predicted molar refractivity (Wildman–Crippen MR) is 73.1 cm³/mol. The fraction of sp³-hybridized carbons (Fsp3) is 0.167. The standard InChI is InChI=1S/C12H11Cl2N3O/c1-7-3-4-10(18-2)8(5-7)15-9-6-11(13)16-17-12(9)14/h3-6H,1-2H3,(H,15,16). The SMILES string of the molecule is COc1ccc(C)cc1Nc1cc(Cl)nnc1Cl. The number of methoxy groups -OCH3 is 1. The van der Waals surface area contributed by atoms with E-state index in [-0.39, 0.29) is 10.3 Å². The first-order valence-corrected chi connectivity index (χ1v) is 5.96. The molecule has 0 radical (unpaired) electrons. The van der Waals surface area contributed by atoms with Crippen LogP contribution < -0.4 is 10.1 Å². The van der Waals surface area contributed by atoms with Crippen LogP contribution in [0.25, 0.3) is 0 Å². The van der Waals surface area contributed by atoms with Crippen molar-refractivity contribution in [3.63, 3.8) is 0 Å². The molecule has 0 spiro atoms. The summed E-state index contributed by atoms with van der Waals surface area (Å²) in [6, 6.07) is 7.40. The largest absolute Gasteiger partial charge is 0.495 e. The molecule has 2 rings (SSSR count). The molecule has 1 aromatic carbocycles. The van der Waals surface area contributed by atoms with Gasteiger partial charge in [-0.05, 0) is 24.6 Å². The van der Waals surface area contributed by atoms with E-state index in [2.05, 4.69) is 15.5 Å². The number of hydrogen-bond donors (Lipinski definition) is 1. The van der Waals surface area contributed by atoms with E-state index in [4.69, 9.17) is 27.9 Å². The third-order valence-electron chi connectivity index (χ3n) is 2.34. The highest BCUT2D eigenvalue weighted by molar-refractivity contribution is 6.33. The zero-order chi connectivity index (χ0) is 13.1. The Morgan fingerprint density at radius 2 is 1.89 bits per heavy atom. The Balaban J connectivity index is 2.38. The minimum absolute atomic E-state index is 0.253. The van der Waals surface area contributed by atoms with Crippen LogP contribution >= 0.6 is 23.2 Å². The van der Waals surface area contributed by atoms with Gasteiger partial charge in [0.15, 0.2) is 10.3 Å². The van der Waals surface area contributed by atoms with E-state index >= 15 is 0 Å². The number of ether oxygens (including phenoxy) is 1. The summed E-state index contributed by atoms with van der Waals surface area (Å²) < 4.78 is 5.27. The lowest BCUT2D eigenvalue weighted by Gasteiger charge is -2.12. The number of rotatable bonds is 3. The molecule has 6 heteroatoms. The van der Waals surface area contributed by atoms with Crippen LogP contribution in [0.4, 0.5) is 11.4 Å². The maximum atomic E-state index is 5.95. The second-order valence-electron chi connectivity index (χ2n) is 3.70. The quantitative estimate of drug-likeness (QED) is 0.930. The molecule has 0 aliphatic rings. The van der Waals surface area contributed by atoms with Gasteiger partial charge in [-0.25, -0.2) is 0 Å². The molecule has 0 aliphatic heterocycles. The van der Waals surface area contributed by atoms with E-state index in [1.54, 1.807) is 13.2 Å². The lowest BCUT2D eigenvalue weighted by Crippen LogP contribution is -1.98. The van der Waals surface area contributed by atoms with Gasteiger partial charge >= 0.3 is 0 Å². The average molecular weight is 284 g/mol. The summed E-state index contributed by atoms with van der Waals surface area (Å²) in [6.07, 6.45) is 0.